The molecule has 0 spiro atoms. The van der Waals surface area contributed by atoms with Crippen LogP contribution >= 0.6 is 11.6 Å². The largest absolute Gasteiger partial charge is 0.481 e. The summed E-state index contributed by atoms with van der Waals surface area (Å²) in [6.07, 6.45) is 9.63. The number of benzene rings is 1. The second-order valence-electron chi connectivity index (χ2n) is 7.81. The average Bonchev–Trinajstić information content (AvgIpc) is 2.69. The highest BCUT2D eigenvalue weighted by molar-refractivity contribution is 7.91. The third-order valence-corrected chi connectivity index (χ3v) is 7.25. The molecule has 29 heavy (non-hydrogen) atoms. The molecule has 0 amide bonds. The van der Waals surface area contributed by atoms with Gasteiger partial charge in [0.2, 0.25) is 0 Å². The molecule has 0 N–H and O–H groups in total. The first-order valence-electron chi connectivity index (χ1n) is 10.8. The van der Waals surface area contributed by atoms with Crippen LogP contribution in [0.2, 0.25) is 0 Å². The molecule has 1 fully saturated rings. The van der Waals surface area contributed by atoms with Gasteiger partial charge in [-0.1, -0.05) is 51.9 Å². The van der Waals surface area contributed by atoms with Crippen molar-refractivity contribution in [1.29, 1.82) is 0 Å². The van der Waals surface area contributed by atoms with Crippen LogP contribution in [0.3, 0.4) is 0 Å². The number of carbonyl (C=O) groups is 1. The zero-order chi connectivity index (χ0) is 21.1. The van der Waals surface area contributed by atoms with E-state index in [1.807, 2.05) is 24.3 Å². The topological polar surface area (TPSA) is 63.7 Å². The quantitative estimate of drug-likeness (QED) is 0.318. The molecule has 1 aromatic rings. The number of anilines is 1. The summed E-state index contributed by atoms with van der Waals surface area (Å²) in [5.41, 5.74) is 0.962. The fraction of sp³-hybridized carbons (Fsp3) is 0.682. The van der Waals surface area contributed by atoms with E-state index in [1.165, 1.54) is 38.5 Å². The van der Waals surface area contributed by atoms with E-state index in [4.69, 9.17) is 16.3 Å². The molecule has 0 aromatic heterocycles. The molecular weight excluding hydrogens is 410 g/mol. The van der Waals surface area contributed by atoms with Crippen LogP contribution in [0.1, 0.15) is 64.7 Å². The van der Waals surface area contributed by atoms with E-state index in [1.54, 1.807) is 0 Å². The van der Waals surface area contributed by atoms with E-state index in [9.17, 15) is 13.2 Å². The summed E-state index contributed by atoms with van der Waals surface area (Å²) in [5, 5.41) is -0.460. The molecule has 1 heterocycles. The van der Waals surface area contributed by atoms with Crippen LogP contribution in [0.25, 0.3) is 0 Å². The molecule has 7 heteroatoms. The lowest BCUT2D eigenvalue weighted by Gasteiger charge is -2.28. The highest BCUT2D eigenvalue weighted by Crippen LogP contribution is 2.23. The summed E-state index contributed by atoms with van der Waals surface area (Å²) in [6.45, 7) is 3.23. The third kappa shape index (κ3) is 8.95. The van der Waals surface area contributed by atoms with Crippen LogP contribution < -0.4 is 9.64 Å². The molecule has 2 rings (SSSR count). The summed E-state index contributed by atoms with van der Waals surface area (Å²) in [4.78, 5) is 13.8. The molecule has 0 radical (unpaired) electrons. The van der Waals surface area contributed by atoms with Gasteiger partial charge < -0.3 is 9.64 Å². The molecule has 5 nitrogen and oxygen atoms in total. The Kier molecular flexibility index (Phi) is 10.3. The van der Waals surface area contributed by atoms with Crippen molar-refractivity contribution in [1.82, 2.24) is 0 Å². The molecular formula is C22H34ClNO4S. The minimum Gasteiger partial charge on any atom is -0.481 e. The van der Waals surface area contributed by atoms with Gasteiger partial charge in [0.25, 0.3) is 5.24 Å². The SMILES string of the molecule is CCCCCCCCCCC(Oc1ccc(N2CCS(=O)(=O)CC2)cc1)C(=O)Cl. The van der Waals surface area contributed by atoms with Crippen molar-refractivity contribution in [3.05, 3.63) is 24.3 Å². The summed E-state index contributed by atoms with van der Waals surface area (Å²) < 4.78 is 28.9. The lowest BCUT2D eigenvalue weighted by atomic mass is 10.1. The van der Waals surface area contributed by atoms with Crippen LogP contribution in [0.15, 0.2) is 24.3 Å². The highest BCUT2D eigenvalue weighted by atomic mass is 35.5. The first-order valence-corrected chi connectivity index (χ1v) is 13.0. The Morgan fingerprint density at radius 3 is 2.10 bits per heavy atom. The summed E-state index contributed by atoms with van der Waals surface area (Å²) in [5.74, 6) is 0.983. The number of ether oxygens (including phenoxy) is 1. The molecule has 1 saturated heterocycles. The van der Waals surface area contributed by atoms with Gasteiger partial charge in [-0.15, -0.1) is 0 Å². The van der Waals surface area contributed by atoms with Crippen molar-refractivity contribution in [3.63, 3.8) is 0 Å². The van der Waals surface area contributed by atoms with Crippen molar-refractivity contribution < 1.29 is 17.9 Å². The van der Waals surface area contributed by atoms with Crippen molar-refractivity contribution in [2.24, 2.45) is 0 Å². The Morgan fingerprint density at radius 2 is 1.55 bits per heavy atom. The van der Waals surface area contributed by atoms with Crippen LogP contribution in [0.5, 0.6) is 5.75 Å². The number of halogens is 1. The number of sulfone groups is 1. The molecule has 0 saturated carbocycles. The van der Waals surface area contributed by atoms with E-state index >= 15 is 0 Å². The number of carbonyl (C=O) groups excluding carboxylic acids is 1. The van der Waals surface area contributed by atoms with Crippen LogP contribution in [-0.4, -0.2) is 44.4 Å². The van der Waals surface area contributed by atoms with Gasteiger partial charge in [-0.05, 0) is 48.7 Å². The summed E-state index contributed by atoms with van der Waals surface area (Å²) in [7, 11) is -2.90. The van der Waals surface area contributed by atoms with Gasteiger partial charge >= 0.3 is 0 Å². The number of nitrogens with zero attached hydrogens (tertiary/aromatic N) is 1. The van der Waals surface area contributed by atoms with Gasteiger partial charge in [-0.2, -0.15) is 0 Å². The maximum Gasteiger partial charge on any atom is 0.262 e. The van der Waals surface area contributed by atoms with Crippen molar-refractivity contribution in [2.75, 3.05) is 29.5 Å². The molecule has 164 valence electrons. The van der Waals surface area contributed by atoms with Crippen LogP contribution in [0, 0.1) is 0 Å². The number of rotatable bonds is 13. The Balaban J connectivity index is 1.75. The zero-order valence-corrected chi connectivity index (χ0v) is 19.0. The smallest absolute Gasteiger partial charge is 0.262 e. The number of hydrogen-bond acceptors (Lipinski definition) is 5. The van der Waals surface area contributed by atoms with E-state index in [0.29, 0.717) is 25.3 Å². The van der Waals surface area contributed by atoms with E-state index in [0.717, 1.165) is 18.5 Å². The fourth-order valence-electron chi connectivity index (χ4n) is 3.55. The van der Waals surface area contributed by atoms with Crippen molar-refractivity contribution in [3.8, 4) is 5.75 Å². The van der Waals surface area contributed by atoms with Gasteiger partial charge in [0, 0.05) is 18.8 Å². The third-order valence-electron chi connectivity index (χ3n) is 5.40. The van der Waals surface area contributed by atoms with Gasteiger partial charge in [0.1, 0.15) is 5.75 Å². The number of unbranched alkanes of at least 4 members (excludes halogenated alkanes) is 7. The van der Waals surface area contributed by atoms with E-state index < -0.39 is 21.2 Å². The molecule has 1 unspecified atom stereocenters. The molecule has 1 aliphatic heterocycles. The lowest BCUT2D eigenvalue weighted by Crippen LogP contribution is -2.40. The zero-order valence-electron chi connectivity index (χ0n) is 17.4. The van der Waals surface area contributed by atoms with Crippen LogP contribution in [-0.2, 0) is 14.6 Å². The molecule has 1 atom stereocenters. The maximum atomic E-state index is 11.7. The van der Waals surface area contributed by atoms with Gasteiger partial charge in [-0.25, -0.2) is 8.42 Å². The van der Waals surface area contributed by atoms with Crippen molar-refractivity contribution in [2.45, 2.75) is 70.8 Å². The first-order chi connectivity index (χ1) is 13.9. The number of hydrogen-bond donors (Lipinski definition) is 0. The van der Waals surface area contributed by atoms with Crippen LogP contribution in [0.4, 0.5) is 5.69 Å². The highest BCUT2D eigenvalue weighted by Gasteiger charge is 2.22. The van der Waals surface area contributed by atoms with Gasteiger partial charge in [-0.3, -0.25) is 4.79 Å². The fourth-order valence-corrected chi connectivity index (χ4v) is 4.91. The molecule has 1 aliphatic rings. The molecule has 1 aromatic carbocycles. The second kappa shape index (κ2) is 12.4. The molecule has 0 aliphatic carbocycles. The summed E-state index contributed by atoms with van der Waals surface area (Å²) >= 11 is 5.74. The monoisotopic (exact) mass is 443 g/mol. The first kappa shape index (κ1) is 24.0. The predicted octanol–water partition coefficient (Wildman–Crippen LogP) is 4.97. The van der Waals surface area contributed by atoms with Gasteiger partial charge in [0.05, 0.1) is 11.5 Å². The maximum absolute atomic E-state index is 11.7. The second-order valence-corrected chi connectivity index (χ2v) is 10.5. The molecule has 0 bridgehead atoms. The normalized spacial score (nSPS) is 17.1. The van der Waals surface area contributed by atoms with Gasteiger partial charge in [0.15, 0.2) is 15.9 Å². The average molecular weight is 444 g/mol. The van der Waals surface area contributed by atoms with Crippen molar-refractivity contribution >= 4 is 32.4 Å². The minimum absolute atomic E-state index is 0.187. The minimum atomic E-state index is -2.90. The van der Waals surface area contributed by atoms with E-state index in [-0.39, 0.29) is 11.5 Å². The predicted molar refractivity (Wildman–Crippen MR) is 120 cm³/mol. The van der Waals surface area contributed by atoms with E-state index in [2.05, 4.69) is 11.8 Å². The summed E-state index contributed by atoms with van der Waals surface area (Å²) in [6, 6.07) is 7.44. The lowest BCUT2D eigenvalue weighted by molar-refractivity contribution is -0.118. The Hall–Kier alpha value is -1.27. The Labute approximate surface area is 180 Å². The Bertz CT molecular complexity index is 707. The Morgan fingerprint density at radius 1 is 1.00 bits per heavy atom. The standard InChI is InChI=1S/C22H34ClNO4S/c1-2-3-4-5-6-7-8-9-10-21(22(23)25)28-20-13-11-19(12-14-20)24-15-17-29(26,27)18-16-24/h11-14,21H,2-10,15-18H2,1H3.